The fraction of sp³-hybridized carbons (Fsp3) is 0.538. The molecule has 2 N–H and O–H groups in total. The fourth-order valence-corrected chi connectivity index (χ4v) is 1.74. The lowest BCUT2D eigenvalue weighted by Crippen LogP contribution is -2.32. The van der Waals surface area contributed by atoms with Crippen LogP contribution < -0.4 is 10.1 Å². The smallest absolute Gasteiger partial charge is 0.139 e. The van der Waals surface area contributed by atoms with Crippen molar-refractivity contribution in [1.82, 2.24) is 5.32 Å². The van der Waals surface area contributed by atoms with Gasteiger partial charge in [0.2, 0.25) is 0 Å². The minimum Gasteiger partial charge on any atom is -0.489 e. The molecule has 1 rings (SSSR count). The van der Waals surface area contributed by atoms with Crippen LogP contribution in [0.1, 0.15) is 19.8 Å². The molecule has 0 aliphatic rings. The van der Waals surface area contributed by atoms with Crippen molar-refractivity contribution in [3.05, 3.63) is 28.2 Å². The molecule has 0 fully saturated rings. The van der Waals surface area contributed by atoms with Gasteiger partial charge in [0.1, 0.15) is 18.5 Å². The zero-order valence-corrected chi connectivity index (χ0v) is 12.0. The summed E-state index contributed by atoms with van der Waals surface area (Å²) in [5.74, 6) is 0.497. The van der Waals surface area contributed by atoms with E-state index in [2.05, 4.69) is 12.2 Å². The van der Waals surface area contributed by atoms with E-state index in [0.29, 0.717) is 22.3 Å². The number of ether oxygens (including phenoxy) is 1. The van der Waals surface area contributed by atoms with Gasteiger partial charge in [0.05, 0.1) is 5.02 Å². The predicted molar refractivity (Wildman–Crippen MR) is 75.7 cm³/mol. The Morgan fingerprint density at radius 3 is 2.89 bits per heavy atom. The monoisotopic (exact) mass is 291 g/mol. The van der Waals surface area contributed by atoms with Gasteiger partial charge >= 0.3 is 0 Å². The molecule has 1 atom stereocenters. The number of benzene rings is 1. The van der Waals surface area contributed by atoms with Crippen molar-refractivity contribution in [3.63, 3.8) is 0 Å². The highest BCUT2D eigenvalue weighted by molar-refractivity contribution is 6.34. The second kappa shape index (κ2) is 8.59. The SMILES string of the molecule is CCCCNCC(O)COc1cc(Cl)ccc1Cl. The molecule has 0 aliphatic carbocycles. The van der Waals surface area contributed by atoms with E-state index in [0.717, 1.165) is 19.4 Å². The molecule has 0 saturated carbocycles. The summed E-state index contributed by atoms with van der Waals surface area (Å²) in [6.45, 7) is 3.74. The molecular formula is C13H19Cl2NO2. The van der Waals surface area contributed by atoms with Gasteiger partial charge in [0.15, 0.2) is 0 Å². The van der Waals surface area contributed by atoms with Crippen LogP contribution in [-0.2, 0) is 0 Å². The largest absolute Gasteiger partial charge is 0.489 e. The van der Waals surface area contributed by atoms with Gasteiger partial charge in [-0.3, -0.25) is 0 Å². The van der Waals surface area contributed by atoms with Crippen molar-refractivity contribution in [1.29, 1.82) is 0 Å². The number of halogens is 2. The van der Waals surface area contributed by atoms with Gasteiger partial charge in [-0.2, -0.15) is 0 Å². The van der Waals surface area contributed by atoms with E-state index in [4.69, 9.17) is 27.9 Å². The van der Waals surface area contributed by atoms with Gasteiger partial charge in [0, 0.05) is 17.6 Å². The Morgan fingerprint density at radius 2 is 2.17 bits per heavy atom. The Hall–Kier alpha value is -0.480. The van der Waals surface area contributed by atoms with Crippen molar-refractivity contribution in [2.45, 2.75) is 25.9 Å². The summed E-state index contributed by atoms with van der Waals surface area (Å²) in [5, 5.41) is 13.9. The summed E-state index contributed by atoms with van der Waals surface area (Å²) >= 11 is 11.8. The highest BCUT2D eigenvalue weighted by Crippen LogP contribution is 2.27. The van der Waals surface area contributed by atoms with Crippen LogP contribution in [0.25, 0.3) is 0 Å². The molecule has 0 radical (unpaired) electrons. The average Bonchev–Trinajstić information content (AvgIpc) is 2.36. The summed E-state index contributed by atoms with van der Waals surface area (Å²) < 4.78 is 5.43. The molecule has 0 amide bonds. The summed E-state index contributed by atoms with van der Waals surface area (Å²) in [5.41, 5.74) is 0. The summed E-state index contributed by atoms with van der Waals surface area (Å²) in [6.07, 6.45) is 1.68. The first kappa shape index (κ1) is 15.6. The number of rotatable bonds is 8. The topological polar surface area (TPSA) is 41.5 Å². The Morgan fingerprint density at radius 1 is 1.39 bits per heavy atom. The molecular weight excluding hydrogens is 273 g/mol. The maximum absolute atomic E-state index is 9.71. The first-order valence-corrected chi connectivity index (χ1v) is 6.85. The van der Waals surface area contributed by atoms with Crippen LogP contribution in [-0.4, -0.2) is 30.9 Å². The highest BCUT2D eigenvalue weighted by atomic mass is 35.5. The lowest BCUT2D eigenvalue weighted by molar-refractivity contribution is 0.106. The molecule has 0 aliphatic heterocycles. The predicted octanol–water partition coefficient (Wildman–Crippen LogP) is 3.12. The standard InChI is InChI=1S/C13H19Cl2NO2/c1-2-3-6-16-8-11(17)9-18-13-7-10(14)4-5-12(13)15/h4-5,7,11,16-17H,2-3,6,8-9H2,1H3. The Kier molecular flexibility index (Phi) is 7.44. The van der Waals surface area contributed by atoms with E-state index < -0.39 is 6.10 Å². The lowest BCUT2D eigenvalue weighted by Gasteiger charge is -2.14. The molecule has 0 heterocycles. The molecule has 0 bridgehead atoms. The molecule has 0 spiro atoms. The van der Waals surface area contributed by atoms with Gasteiger partial charge in [0.25, 0.3) is 0 Å². The van der Waals surface area contributed by atoms with Crippen LogP contribution in [0.5, 0.6) is 5.75 Å². The van der Waals surface area contributed by atoms with Crippen LogP contribution in [0.2, 0.25) is 10.0 Å². The number of hydrogen-bond donors (Lipinski definition) is 2. The number of aliphatic hydroxyl groups excluding tert-OH is 1. The van der Waals surface area contributed by atoms with Crippen molar-refractivity contribution >= 4 is 23.2 Å². The average molecular weight is 292 g/mol. The van der Waals surface area contributed by atoms with Crippen LogP contribution >= 0.6 is 23.2 Å². The molecule has 18 heavy (non-hydrogen) atoms. The van der Waals surface area contributed by atoms with Gasteiger partial charge in [-0.05, 0) is 25.1 Å². The maximum atomic E-state index is 9.71. The zero-order valence-electron chi connectivity index (χ0n) is 10.5. The minimum atomic E-state index is -0.558. The van der Waals surface area contributed by atoms with Gasteiger partial charge in [-0.1, -0.05) is 36.5 Å². The molecule has 0 aromatic heterocycles. The second-order valence-electron chi connectivity index (χ2n) is 4.10. The summed E-state index contributed by atoms with van der Waals surface area (Å²) in [7, 11) is 0. The van der Waals surface area contributed by atoms with Crippen molar-refractivity contribution < 1.29 is 9.84 Å². The van der Waals surface area contributed by atoms with E-state index in [1.165, 1.54) is 0 Å². The third-order valence-corrected chi connectivity index (χ3v) is 2.96. The summed E-state index contributed by atoms with van der Waals surface area (Å²) in [6, 6.07) is 5.01. The number of nitrogens with one attached hydrogen (secondary N) is 1. The highest BCUT2D eigenvalue weighted by Gasteiger charge is 2.07. The van der Waals surface area contributed by atoms with E-state index in [1.54, 1.807) is 18.2 Å². The first-order valence-electron chi connectivity index (χ1n) is 6.10. The molecule has 3 nitrogen and oxygen atoms in total. The van der Waals surface area contributed by atoms with Gasteiger partial charge in [-0.25, -0.2) is 0 Å². The van der Waals surface area contributed by atoms with E-state index in [1.807, 2.05) is 0 Å². The van der Waals surface area contributed by atoms with E-state index in [9.17, 15) is 5.11 Å². The number of unbranched alkanes of at least 4 members (excludes halogenated alkanes) is 1. The fourth-order valence-electron chi connectivity index (χ4n) is 1.40. The molecule has 0 saturated heterocycles. The molecule has 1 unspecified atom stereocenters. The van der Waals surface area contributed by atoms with Crippen LogP contribution in [0.4, 0.5) is 0 Å². The van der Waals surface area contributed by atoms with Crippen molar-refractivity contribution in [3.8, 4) is 5.75 Å². The quantitative estimate of drug-likeness (QED) is 0.723. The van der Waals surface area contributed by atoms with Gasteiger partial charge in [-0.15, -0.1) is 0 Å². The Bertz CT molecular complexity index is 361. The van der Waals surface area contributed by atoms with Crippen LogP contribution in [0, 0.1) is 0 Å². The first-order chi connectivity index (χ1) is 8.63. The normalized spacial score (nSPS) is 12.4. The third-order valence-electron chi connectivity index (χ3n) is 2.41. The van der Waals surface area contributed by atoms with Crippen LogP contribution in [0.3, 0.4) is 0 Å². The summed E-state index contributed by atoms with van der Waals surface area (Å²) in [4.78, 5) is 0. The maximum Gasteiger partial charge on any atom is 0.139 e. The number of aliphatic hydroxyl groups is 1. The van der Waals surface area contributed by atoms with Crippen molar-refractivity contribution in [2.24, 2.45) is 0 Å². The number of hydrogen-bond acceptors (Lipinski definition) is 3. The van der Waals surface area contributed by atoms with Crippen LogP contribution in [0.15, 0.2) is 18.2 Å². The van der Waals surface area contributed by atoms with E-state index >= 15 is 0 Å². The zero-order chi connectivity index (χ0) is 13.4. The van der Waals surface area contributed by atoms with E-state index in [-0.39, 0.29) is 6.61 Å². The molecule has 1 aromatic rings. The second-order valence-corrected chi connectivity index (χ2v) is 4.94. The third kappa shape index (κ3) is 5.91. The molecule has 5 heteroatoms. The van der Waals surface area contributed by atoms with Crippen molar-refractivity contribution in [2.75, 3.05) is 19.7 Å². The lowest BCUT2D eigenvalue weighted by atomic mass is 10.3. The molecule has 1 aromatic carbocycles. The Balaban J connectivity index is 2.29. The van der Waals surface area contributed by atoms with Gasteiger partial charge < -0.3 is 15.2 Å². The molecule has 102 valence electrons. The Labute approximate surface area is 118 Å². The minimum absolute atomic E-state index is 0.194.